The average molecular weight is 346 g/mol. The van der Waals surface area contributed by atoms with Gasteiger partial charge >= 0.3 is 6.03 Å². The number of thiophene rings is 1. The van der Waals surface area contributed by atoms with E-state index in [0.29, 0.717) is 19.5 Å². The van der Waals surface area contributed by atoms with Gasteiger partial charge in [-0.25, -0.2) is 4.79 Å². The number of likely N-dealkylation sites (N-methyl/N-ethyl adjacent to an activating group) is 1. The van der Waals surface area contributed by atoms with Crippen LogP contribution in [-0.2, 0) is 11.2 Å². The number of carbonyl (C=O) groups excluding carboxylic acids is 2. The van der Waals surface area contributed by atoms with Crippen LogP contribution in [0.25, 0.3) is 0 Å². The zero-order valence-corrected chi connectivity index (χ0v) is 13.0. The van der Waals surface area contributed by atoms with Crippen molar-refractivity contribution in [3.8, 4) is 0 Å². The third kappa shape index (κ3) is 3.94. The van der Waals surface area contributed by atoms with Crippen LogP contribution >= 0.6 is 27.3 Å². The molecule has 0 aliphatic carbocycles. The van der Waals surface area contributed by atoms with Crippen molar-refractivity contribution in [2.45, 2.75) is 18.9 Å². The standard InChI is InChI=1S/C12H16BrN3O2S/c1-16-7-5-9(11(16)17)15-12(18)14-6-4-8-2-3-10(13)19-8/h2-3,9H,4-7H2,1H3,(H2,14,15,18)/t9-/m1/s1. The van der Waals surface area contributed by atoms with Gasteiger partial charge in [-0.15, -0.1) is 11.3 Å². The predicted octanol–water partition coefficient (Wildman–Crippen LogP) is 1.58. The fourth-order valence-electron chi connectivity index (χ4n) is 1.95. The highest BCUT2D eigenvalue weighted by Gasteiger charge is 2.29. The molecule has 19 heavy (non-hydrogen) atoms. The molecule has 0 bridgehead atoms. The monoisotopic (exact) mass is 345 g/mol. The Morgan fingerprint density at radius 1 is 1.58 bits per heavy atom. The van der Waals surface area contributed by atoms with E-state index in [9.17, 15) is 9.59 Å². The number of likely N-dealkylation sites (tertiary alicyclic amines) is 1. The summed E-state index contributed by atoms with van der Waals surface area (Å²) >= 11 is 5.06. The molecular weight excluding hydrogens is 330 g/mol. The molecule has 0 saturated carbocycles. The van der Waals surface area contributed by atoms with Crippen LogP contribution in [0.15, 0.2) is 15.9 Å². The summed E-state index contributed by atoms with van der Waals surface area (Å²) in [6.07, 6.45) is 1.48. The first-order chi connectivity index (χ1) is 9.06. The Hall–Kier alpha value is -1.08. The topological polar surface area (TPSA) is 61.4 Å². The van der Waals surface area contributed by atoms with E-state index in [0.717, 1.165) is 10.2 Å². The Morgan fingerprint density at radius 2 is 2.37 bits per heavy atom. The maximum absolute atomic E-state index is 11.6. The molecule has 1 atom stereocenters. The van der Waals surface area contributed by atoms with Gasteiger partial charge in [0.2, 0.25) is 5.91 Å². The zero-order chi connectivity index (χ0) is 13.8. The Bertz CT molecular complexity index is 477. The summed E-state index contributed by atoms with van der Waals surface area (Å²) in [5.41, 5.74) is 0. The molecule has 1 aliphatic heterocycles. The SMILES string of the molecule is CN1CC[C@@H](NC(=O)NCCc2ccc(Br)s2)C1=O. The number of nitrogens with one attached hydrogen (secondary N) is 2. The van der Waals surface area contributed by atoms with Crippen LogP contribution in [0.1, 0.15) is 11.3 Å². The molecule has 7 heteroatoms. The summed E-state index contributed by atoms with van der Waals surface area (Å²) in [5.74, 6) is -0.0164. The molecule has 2 rings (SSSR count). The van der Waals surface area contributed by atoms with Crippen LogP contribution < -0.4 is 10.6 Å². The van der Waals surface area contributed by atoms with Gasteiger partial charge in [0.1, 0.15) is 6.04 Å². The molecule has 1 aromatic rings. The number of nitrogens with zero attached hydrogens (tertiary/aromatic N) is 1. The maximum atomic E-state index is 11.6. The Balaban J connectivity index is 1.69. The fraction of sp³-hybridized carbons (Fsp3) is 0.500. The van der Waals surface area contributed by atoms with Crippen LogP contribution in [0.2, 0.25) is 0 Å². The number of halogens is 1. The molecular formula is C12H16BrN3O2S. The summed E-state index contributed by atoms with van der Waals surface area (Å²) in [4.78, 5) is 26.1. The van der Waals surface area contributed by atoms with Crippen molar-refractivity contribution < 1.29 is 9.59 Å². The number of rotatable bonds is 4. The van der Waals surface area contributed by atoms with Gasteiger partial charge in [0, 0.05) is 25.0 Å². The van der Waals surface area contributed by atoms with Gasteiger partial charge in [-0.3, -0.25) is 4.79 Å². The van der Waals surface area contributed by atoms with E-state index in [-0.39, 0.29) is 18.0 Å². The van der Waals surface area contributed by atoms with Crippen LogP contribution in [-0.4, -0.2) is 43.0 Å². The first kappa shape index (κ1) is 14.3. The summed E-state index contributed by atoms with van der Waals surface area (Å²) in [6.45, 7) is 1.27. The van der Waals surface area contributed by atoms with Gasteiger partial charge in [-0.2, -0.15) is 0 Å². The van der Waals surface area contributed by atoms with E-state index in [1.807, 2.05) is 12.1 Å². The van der Waals surface area contributed by atoms with Gasteiger partial charge in [-0.1, -0.05) is 0 Å². The molecule has 0 spiro atoms. The van der Waals surface area contributed by atoms with Crippen LogP contribution in [0.3, 0.4) is 0 Å². The lowest BCUT2D eigenvalue weighted by molar-refractivity contribution is -0.128. The largest absolute Gasteiger partial charge is 0.344 e. The van der Waals surface area contributed by atoms with Crippen molar-refractivity contribution in [3.05, 3.63) is 20.8 Å². The third-order valence-corrected chi connectivity index (χ3v) is 4.70. The number of carbonyl (C=O) groups is 2. The zero-order valence-electron chi connectivity index (χ0n) is 10.6. The lowest BCUT2D eigenvalue weighted by atomic mass is 10.2. The molecule has 0 unspecified atom stereocenters. The van der Waals surface area contributed by atoms with Gasteiger partial charge in [-0.05, 0) is 40.9 Å². The van der Waals surface area contributed by atoms with E-state index in [4.69, 9.17) is 0 Å². The second kappa shape index (κ2) is 6.38. The second-order valence-corrected chi connectivity index (χ2v) is 7.00. The highest BCUT2D eigenvalue weighted by atomic mass is 79.9. The minimum atomic E-state index is -0.374. The quantitative estimate of drug-likeness (QED) is 0.870. The van der Waals surface area contributed by atoms with Crippen molar-refractivity contribution >= 4 is 39.2 Å². The Labute approximate surface area is 124 Å². The number of hydrogen-bond donors (Lipinski definition) is 2. The Kier molecular flexibility index (Phi) is 4.81. The second-order valence-electron chi connectivity index (χ2n) is 4.46. The van der Waals surface area contributed by atoms with Gasteiger partial charge in [0.25, 0.3) is 0 Å². The summed E-state index contributed by atoms with van der Waals surface area (Å²) in [5, 5.41) is 5.48. The molecule has 3 amide bonds. The van der Waals surface area contributed by atoms with E-state index in [1.54, 1.807) is 23.3 Å². The van der Waals surface area contributed by atoms with Gasteiger partial charge in [0.05, 0.1) is 3.79 Å². The average Bonchev–Trinajstić information content (AvgIpc) is 2.90. The highest BCUT2D eigenvalue weighted by molar-refractivity contribution is 9.11. The van der Waals surface area contributed by atoms with Crippen LogP contribution in [0.4, 0.5) is 4.79 Å². The molecule has 0 radical (unpaired) electrons. The van der Waals surface area contributed by atoms with E-state index in [1.165, 1.54) is 4.88 Å². The Morgan fingerprint density at radius 3 is 2.95 bits per heavy atom. The molecule has 1 aromatic heterocycles. The highest BCUT2D eigenvalue weighted by Crippen LogP contribution is 2.22. The normalized spacial score (nSPS) is 18.7. The van der Waals surface area contributed by atoms with Crippen molar-refractivity contribution in [1.29, 1.82) is 0 Å². The van der Waals surface area contributed by atoms with Crippen molar-refractivity contribution in [1.82, 2.24) is 15.5 Å². The van der Waals surface area contributed by atoms with Gasteiger partial charge in [0.15, 0.2) is 0 Å². The molecule has 104 valence electrons. The van der Waals surface area contributed by atoms with Gasteiger partial charge < -0.3 is 15.5 Å². The first-order valence-corrected chi connectivity index (χ1v) is 7.71. The molecule has 1 aliphatic rings. The third-order valence-electron chi connectivity index (χ3n) is 3.02. The number of hydrogen-bond acceptors (Lipinski definition) is 3. The molecule has 1 saturated heterocycles. The van der Waals surface area contributed by atoms with Crippen LogP contribution in [0.5, 0.6) is 0 Å². The lowest BCUT2D eigenvalue weighted by Crippen LogP contribution is -2.46. The minimum Gasteiger partial charge on any atom is -0.344 e. The van der Waals surface area contributed by atoms with Crippen LogP contribution in [0, 0.1) is 0 Å². The van der Waals surface area contributed by atoms with Crippen molar-refractivity contribution in [2.24, 2.45) is 0 Å². The first-order valence-electron chi connectivity index (χ1n) is 6.10. The minimum absolute atomic E-state index is 0.0164. The molecule has 2 N–H and O–H groups in total. The number of amides is 3. The maximum Gasteiger partial charge on any atom is 0.315 e. The molecule has 1 fully saturated rings. The van der Waals surface area contributed by atoms with E-state index in [2.05, 4.69) is 26.6 Å². The van der Waals surface area contributed by atoms with E-state index < -0.39 is 0 Å². The summed E-state index contributed by atoms with van der Waals surface area (Å²) in [7, 11) is 1.75. The summed E-state index contributed by atoms with van der Waals surface area (Å²) in [6, 6.07) is 3.38. The smallest absolute Gasteiger partial charge is 0.315 e. The molecule has 2 heterocycles. The summed E-state index contributed by atoms with van der Waals surface area (Å²) < 4.78 is 1.09. The van der Waals surface area contributed by atoms with Crippen molar-refractivity contribution in [2.75, 3.05) is 20.1 Å². The van der Waals surface area contributed by atoms with Crippen molar-refractivity contribution in [3.63, 3.8) is 0 Å². The molecule has 0 aromatic carbocycles. The predicted molar refractivity (Wildman–Crippen MR) is 78.3 cm³/mol. The fourth-order valence-corrected chi connectivity index (χ4v) is 3.43. The van der Waals surface area contributed by atoms with E-state index >= 15 is 0 Å². The number of urea groups is 1. The lowest BCUT2D eigenvalue weighted by Gasteiger charge is -2.12. The molecule has 5 nitrogen and oxygen atoms in total.